The minimum atomic E-state index is -0.496. The van der Waals surface area contributed by atoms with Crippen LogP contribution >= 0.6 is 23.2 Å². The lowest BCUT2D eigenvalue weighted by Crippen LogP contribution is -2.39. The standard InChI is InChI=1S/C18H20Cl2N2O2/c1-11(2)13-4-6-17(7-5-13)24-12(3)21-18(23)22-16-9-14(19)8-15(20)10-16/h4-12H,1-3H3,(H2,21,22,23). The highest BCUT2D eigenvalue weighted by atomic mass is 35.5. The molecule has 2 amide bonds. The Bertz CT molecular complexity index is 682. The number of urea groups is 1. The van der Waals surface area contributed by atoms with Gasteiger partial charge in [0.2, 0.25) is 0 Å². The second-order valence-corrected chi connectivity index (χ2v) is 6.61. The van der Waals surface area contributed by atoms with E-state index in [1.807, 2.05) is 24.3 Å². The molecule has 2 N–H and O–H groups in total. The van der Waals surface area contributed by atoms with Crippen LogP contribution in [0.15, 0.2) is 42.5 Å². The first-order chi connectivity index (χ1) is 11.3. The molecule has 0 aliphatic carbocycles. The fourth-order valence-electron chi connectivity index (χ4n) is 2.14. The van der Waals surface area contributed by atoms with Gasteiger partial charge in [0, 0.05) is 15.7 Å². The maximum atomic E-state index is 12.0. The van der Waals surface area contributed by atoms with Gasteiger partial charge in [0.05, 0.1) is 0 Å². The summed E-state index contributed by atoms with van der Waals surface area (Å²) >= 11 is 11.8. The lowest BCUT2D eigenvalue weighted by Gasteiger charge is -2.17. The summed E-state index contributed by atoms with van der Waals surface area (Å²) in [6.07, 6.45) is -0.496. The maximum absolute atomic E-state index is 12.0. The van der Waals surface area contributed by atoms with Crippen LogP contribution < -0.4 is 15.4 Å². The molecule has 2 aromatic rings. The van der Waals surface area contributed by atoms with Gasteiger partial charge in [-0.1, -0.05) is 49.2 Å². The molecule has 1 unspecified atom stereocenters. The van der Waals surface area contributed by atoms with Gasteiger partial charge in [0.1, 0.15) is 5.75 Å². The summed E-state index contributed by atoms with van der Waals surface area (Å²) in [5.41, 5.74) is 1.75. The largest absolute Gasteiger partial charge is 0.471 e. The fourth-order valence-corrected chi connectivity index (χ4v) is 2.67. The summed E-state index contributed by atoms with van der Waals surface area (Å²) in [5, 5.41) is 6.26. The Morgan fingerprint density at radius 1 is 1.00 bits per heavy atom. The topological polar surface area (TPSA) is 50.4 Å². The highest BCUT2D eigenvalue weighted by Crippen LogP contribution is 2.22. The quantitative estimate of drug-likeness (QED) is 0.670. The first kappa shape index (κ1) is 18.4. The molecule has 0 aliphatic heterocycles. The molecule has 0 aliphatic rings. The summed E-state index contributed by atoms with van der Waals surface area (Å²) in [6, 6.07) is 12.2. The third kappa shape index (κ3) is 5.62. The number of carbonyl (C=O) groups excluding carboxylic acids is 1. The first-order valence-corrected chi connectivity index (χ1v) is 8.39. The van der Waals surface area contributed by atoms with Crippen molar-refractivity contribution in [3.05, 3.63) is 58.1 Å². The van der Waals surface area contributed by atoms with E-state index in [0.717, 1.165) is 0 Å². The number of carbonyl (C=O) groups is 1. The first-order valence-electron chi connectivity index (χ1n) is 7.63. The molecule has 0 fully saturated rings. The molecule has 0 saturated heterocycles. The number of benzene rings is 2. The number of nitrogens with one attached hydrogen (secondary N) is 2. The van der Waals surface area contributed by atoms with Crippen LogP contribution in [-0.4, -0.2) is 12.3 Å². The molecule has 0 spiro atoms. The van der Waals surface area contributed by atoms with Crippen LogP contribution in [0.3, 0.4) is 0 Å². The van der Waals surface area contributed by atoms with Crippen molar-refractivity contribution in [2.75, 3.05) is 5.32 Å². The van der Waals surface area contributed by atoms with Crippen LogP contribution in [-0.2, 0) is 0 Å². The van der Waals surface area contributed by atoms with Gasteiger partial charge in [-0.3, -0.25) is 0 Å². The Morgan fingerprint density at radius 2 is 1.58 bits per heavy atom. The van der Waals surface area contributed by atoms with Crippen LogP contribution in [0.2, 0.25) is 10.0 Å². The Hall–Kier alpha value is -1.91. The van der Waals surface area contributed by atoms with Crippen molar-refractivity contribution in [1.82, 2.24) is 5.32 Å². The van der Waals surface area contributed by atoms with E-state index in [9.17, 15) is 4.79 Å². The SMILES string of the molecule is CC(NC(=O)Nc1cc(Cl)cc(Cl)c1)Oc1ccc(C(C)C)cc1. The summed E-state index contributed by atoms with van der Waals surface area (Å²) in [7, 11) is 0. The molecular formula is C18H20Cl2N2O2. The lowest BCUT2D eigenvalue weighted by molar-refractivity contribution is 0.183. The van der Waals surface area contributed by atoms with Gasteiger partial charge in [0.15, 0.2) is 6.23 Å². The average molecular weight is 367 g/mol. The second kappa shape index (κ2) is 8.27. The van der Waals surface area contributed by atoms with Crippen molar-refractivity contribution >= 4 is 34.9 Å². The van der Waals surface area contributed by atoms with Crippen molar-refractivity contribution in [2.45, 2.75) is 32.9 Å². The molecule has 0 radical (unpaired) electrons. The lowest BCUT2D eigenvalue weighted by atomic mass is 10.0. The molecule has 24 heavy (non-hydrogen) atoms. The highest BCUT2D eigenvalue weighted by molar-refractivity contribution is 6.35. The zero-order valence-electron chi connectivity index (χ0n) is 13.8. The van der Waals surface area contributed by atoms with E-state index in [2.05, 4.69) is 24.5 Å². The van der Waals surface area contributed by atoms with E-state index in [0.29, 0.717) is 27.4 Å². The third-order valence-corrected chi connectivity index (χ3v) is 3.75. The highest BCUT2D eigenvalue weighted by Gasteiger charge is 2.10. The average Bonchev–Trinajstić information content (AvgIpc) is 2.46. The van der Waals surface area contributed by atoms with Crippen molar-refractivity contribution < 1.29 is 9.53 Å². The van der Waals surface area contributed by atoms with Gasteiger partial charge < -0.3 is 15.4 Å². The number of hydrogen-bond acceptors (Lipinski definition) is 2. The van der Waals surface area contributed by atoms with Crippen molar-refractivity contribution in [3.8, 4) is 5.75 Å². The number of amides is 2. The van der Waals surface area contributed by atoms with Crippen LogP contribution in [0, 0.1) is 0 Å². The molecule has 1 atom stereocenters. The summed E-state index contributed by atoms with van der Waals surface area (Å²) in [4.78, 5) is 12.0. The number of halogens is 2. The van der Waals surface area contributed by atoms with E-state index in [1.54, 1.807) is 25.1 Å². The Balaban J connectivity index is 1.89. The van der Waals surface area contributed by atoms with E-state index in [1.165, 1.54) is 5.56 Å². The third-order valence-electron chi connectivity index (χ3n) is 3.31. The van der Waals surface area contributed by atoms with Gasteiger partial charge >= 0.3 is 6.03 Å². The van der Waals surface area contributed by atoms with Crippen molar-refractivity contribution in [1.29, 1.82) is 0 Å². The molecule has 4 nitrogen and oxygen atoms in total. The van der Waals surface area contributed by atoms with E-state index >= 15 is 0 Å². The Kier molecular flexibility index (Phi) is 6.35. The van der Waals surface area contributed by atoms with Gasteiger partial charge in [-0.15, -0.1) is 0 Å². The predicted octanol–water partition coefficient (Wildman–Crippen LogP) is 5.66. The van der Waals surface area contributed by atoms with Crippen molar-refractivity contribution in [3.63, 3.8) is 0 Å². The minimum Gasteiger partial charge on any atom is -0.471 e. The number of rotatable bonds is 5. The number of anilines is 1. The summed E-state index contributed by atoms with van der Waals surface area (Å²) in [6.45, 7) is 6.01. The van der Waals surface area contributed by atoms with Crippen LogP contribution in [0.5, 0.6) is 5.75 Å². The Labute approximate surface area is 152 Å². The molecule has 0 saturated carbocycles. The molecule has 128 valence electrons. The van der Waals surface area contributed by atoms with E-state index in [4.69, 9.17) is 27.9 Å². The monoisotopic (exact) mass is 366 g/mol. The maximum Gasteiger partial charge on any atom is 0.322 e. The van der Waals surface area contributed by atoms with Gasteiger partial charge in [-0.25, -0.2) is 4.79 Å². The molecule has 0 heterocycles. The molecular weight excluding hydrogens is 347 g/mol. The van der Waals surface area contributed by atoms with Crippen molar-refractivity contribution in [2.24, 2.45) is 0 Å². The van der Waals surface area contributed by atoms with Gasteiger partial charge in [0.25, 0.3) is 0 Å². The van der Waals surface area contributed by atoms with Gasteiger partial charge in [-0.05, 0) is 48.7 Å². The molecule has 2 aromatic carbocycles. The summed E-state index contributed by atoms with van der Waals surface area (Å²) < 4.78 is 5.68. The number of hydrogen-bond donors (Lipinski definition) is 2. The normalized spacial score (nSPS) is 11.9. The Morgan fingerprint density at radius 3 is 2.12 bits per heavy atom. The molecule has 0 bridgehead atoms. The second-order valence-electron chi connectivity index (χ2n) is 5.74. The van der Waals surface area contributed by atoms with Crippen LogP contribution in [0.1, 0.15) is 32.3 Å². The van der Waals surface area contributed by atoms with E-state index < -0.39 is 12.3 Å². The van der Waals surface area contributed by atoms with E-state index in [-0.39, 0.29) is 0 Å². The summed E-state index contributed by atoms with van der Waals surface area (Å²) in [5.74, 6) is 1.16. The minimum absolute atomic E-state index is 0.403. The smallest absolute Gasteiger partial charge is 0.322 e. The molecule has 0 aromatic heterocycles. The van der Waals surface area contributed by atoms with Gasteiger partial charge in [-0.2, -0.15) is 0 Å². The fraction of sp³-hybridized carbons (Fsp3) is 0.278. The zero-order chi connectivity index (χ0) is 17.7. The van der Waals surface area contributed by atoms with Crippen LogP contribution in [0.25, 0.3) is 0 Å². The van der Waals surface area contributed by atoms with Crippen LogP contribution in [0.4, 0.5) is 10.5 Å². The zero-order valence-corrected chi connectivity index (χ0v) is 15.3. The number of ether oxygens (including phenoxy) is 1. The molecule has 2 rings (SSSR count). The molecule has 6 heteroatoms. The predicted molar refractivity (Wildman–Crippen MR) is 99.2 cm³/mol.